The monoisotopic (exact) mass is 351 g/mol. The number of aromatic nitrogens is 1. The van der Waals surface area contributed by atoms with Gasteiger partial charge in [0.2, 0.25) is 5.91 Å². The lowest BCUT2D eigenvalue weighted by Gasteiger charge is -2.19. The minimum Gasteiger partial charge on any atom is -0.301 e. The van der Waals surface area contributed by atoms with Gasteiger partial charge in [-0.05, 0) is 24.1 Å². The lowest BCUT2D eigenvalue weighted by atomic mass is 10.1. The summed E-state index contributed by atoms with van der Waals surface area (Å²) >= 11 is 1.49. The van der Waals surface area contributed by atoms with E-state index >= 15 is 0 Å². The molecule has 0 unspecified atom stereocenters. The molecule has 0 radical (unpaired) electrons. The predicted molar refractivity (Wildman–Crippen MR) is 105 cm³/mol. The van der Waals surface area contributed by atoms with Crippen LogP contribution >= 0.6 is 11.3 Å². The highest BCUT2D eigenvalue weighted by atomic mass is 32.1. The highest BCUT2D eigenvalue weighted by Crippen LogP contribution is 2.25. The molecule has 1 aromatic heterocycles. The molecule has 1 amide bonds. The molecule has 3 rings (SSSR count). The average molecular weight is 351 g/mol. The van der Waals surface area contributed by atoms with E-state index in [4.69, 9.17) is 0 Å². The van der Waals surface area contributed by atoms with Crippen LogP contribution in [-0.4, -0.2) is 35.4 Å². The molecule has 2 aromatic carbocycles. The zero-order valence-electron chi connectivity index (χ0n) is 14.0. The van der Waals surface area contributed by atoms with Crippen LogP contribution in [0.15, 0.2) is 67.3 Å². The van der Waals surface area contributed by atoms with Crippen molar-refractivity contribution in [3.8, 4) is 0 Å². The molecule has 0 saturated carbocycles. The van der Waals surface area contributed by atoms with E-state index in [1.165, 1.54) is 16.9 Å². The number of rotatable bonds is 8. The maximum Gasteiger partial charge on any atom is 0.240 e. The summed E-state index contributed by atoms with van der Waals surface area (Å²) in [4.78, 5) is 18.9. The van der Waals surface area contributed by atoms with Crippen molar-refractivity contribution in [2.24, 2.45) is 0 Å². The molecule has 1 heterocycles. The van der Waals surface area contributed by atoms with Gasteiger partial charge in [0.05, 0.1) is 16.8 Å². The molecule has 0 spiro atoms. The average Bonchev–Trinajstić information content (AvgIpc) is 3.03. The third-order valence-corrected chi connectivity index (χ3v) is 4.81. The fraction of sp³-hybridized carbons (Fsp3) is 0.200. The number of carbonyl (C=O) groups is 1. The predicted octanol–water partition coefficient (Wildman–Crippen LogP) is 3.97. The number of benzene rings is 2. The van der Waals surface area contributed by atoms with E-state index in [1.807, 2.05) is 48.5 Å². The quantitative estimate of drug-likeness (QED) is 0.625. The Morgan fingerprint density at radius 1 is 1.16 bits per heavy atom. The first kappa shape index (κ1) is 17.3. The van der Waals surface area contributed by atoms with Gasteiger partial charge in [-0.25, -0.2) is 4.98 Å². The van der Waals surface area contributed by atoms with Crippen LogP contribution < -0.4 is 5.32 Å². The Bertz CT molecular complexity index is 811. The third-order valence-electron chi connectivity index (χ3n) is 3.85. The molecule has 0 aliphatic carbocycles. The lowest BCUT2D eigenvalue weighted by Crippen LogP contribution is -2.34. The van der Waals surface area contributed by atoms with Crippen LogP contribution in [0.1, 0.15) is 5.56 Å². The Kier molecular flexibility index (Phi) is 5.93. The second-order valence-electron chi connectivity index (χ2n) is 5.79. The van der Waals surface area contributed by atoms with Crippen LogP contribution in [0.4, 0.5) is 5.13 Å². The van der Waals surface area contributed by atoms with Crippen molar-refractivity contribution in [2.45, 2.75) is 6.42 Å². The second-order valence-corrected chi connectivity index (χ2v) is 6.82. The first-order chi connectivity index (χ1) is 12.2. The van der Waals surface area contributed by atoms with Gasteiger partial charge < -0.3 is 5.32 Å². The fourth-order valence-electron chi connectivity index (χ4n) is 2.64. The molecular formula is C20H21N3OS. The van der Waals surface area contributed by atoms with Crippen molar-refractivity contribution in [2.75, 3.05) is 25.0 Å². The summed E-state index contributed by atoms with van der Waals surface area (Å²) in [6.45, 7) is 5.61. The Labute approximate surface area is 151 Å². The van der Waals surface area contributed by atoms with Crippen LogP contribution in [0.5, 0.6) is 0 Å². The molecule has 0 saturated heterocycles. The Morgan fingerprint density at radius 2 is 1.92 bits per heavy atom. The Morgan fingerprint density at radius 3 is 2.68 bits per heavy atom. The highest BCUT2D eigenvalue weighted by Gasteiger charge is 2.12. The van der Waals surface area contributed by atoms with E-state index < -0.39 is 0 Å². The van der Waals surface area contributed by atoms with E-state index in [9.17, 15) is 4.79 Å². The molecule has 4 nitrogen and oxygen atoms in total. The number of nitrogens with zero attached hydrogens (tertiary/aromatic N) is 2. The largest absolute Gasteiger partial charge is 0.301 e. The summed E-state index contributed by atoms with van der Waals surface area (Å²) in [6.07, 6.45) is 2.74. The van der Waals surface area contributed by atoms with Crippen molar-refractivity contribution in [1.29, 1.82) is 0 Å². The van der Waals surface area contributed by atoms with E-state index in [-0.39, 0.29) is 5.91 Å². The topological polar surface area (TPSA) is 45.2 Å². The SMILES string of the molecule is C=CCN(CCc1ccccc1)CC(=O)Nc1nc2ccccc2s1. The molecule has 0 atom stereocenters. The Balaban J connectivity index is 1.57. The third kappa shape index (κ3) is 4.98. The number of nitrogens with one attached hydrogen (secondary N) is 1. The summed E-state index contributed by atoms with van der Waals surface area (Å²) in [5.74, 6) is -0.0473. The molecule has 0 bridgehead atoms. The van der Waals surface area contributed by atoms with E-state index in [1.54, 1.807) is 0 Å². The van der Waals surface area contributed by atoms with Crippen LogP contribution in [0.2, 0.25) is 0 Å². The summed E-state index contributed by atoms with van der Waals surface area (Å²) in [5, 5.41) is 3.56. The van der Waals surface area contributed by atoms with Crippen LogP contribution in [0.25, 0.3) is 10.2 Å². The first-order valence-corrected chi connectivity index (χ1v) is 9.09. The minimum atomic E-state index is -0.0473. The number of thiazole rings is 1. The molecule has 5 heteroatoms. The highest BCUT2D eigenvalue weighted by molar-refractivity contribution is 7.22. The van der Waals surface area contributed by atoms with Gasteiger partial charge in [0.1, 0.15) is 0 Å². The summed E-state index contributed by atoms with van der Waals surface area (Å²) < 4.78 is 1.07. The van der Waals surface area contributed by atoms with Gasteiger partial charge in [0, 0.05) is 13.1 Å². The lowest BCUT2D eigenvalue weighted by molar-refractivity contribution is -0.117. The van der Waals surface area contributed by atoms with Gasteiger partial charge in [-0.1, -0.05) is 59.9 Å². The van der Waals surface area contributed by atoms with Gasteiger partial charge >= 0.3 is 0 Å². The maximum absolute atomic E-state index is 12.4. The van der Waals surface area contributed by atoms with Crippen LogP contribution in [0, 0.1) is 0 Å². The molecule has 128 valence electrons. The Hall–Kier alpha value is -2.50. The number of hydrogen-bond donors (Lipinski definition) is 1. The summed E-state index contributed by atoms with van der Waals surface area (Å²) in [5.41, 5.74) is 2.18. The number of carbonyl (C=O) groups excluding carboxylic acids is 1. The zero-order valence-corrected chi connectivity index (χ0v) is 14.8. The molecule has 0 aliphatic heterocycles. The number of hydrogen-bond acceptors (Lipinski definition) is 4. The van der Waals surface area contributed by atoms with Crippen LogP contribution in [-0.2, 0) is 11.2 Å². The molecular weight excluding hydrogens is 330 g/mol. The molecule has 3 aromatic rings. The van der Waals surface area contributed by atoms with Crippen molar-refractivity contribution < 1.29 is 4.79 Å². The van der Waals surface area contributed by atoms with Crippen molar-refractivity contribution in [3.05, 3.63) is 72.8 Å². The van der Waals surface area contributed by atoms with Crippen molar-refractivity contribution in [1.82, 2.24) is 9.88 Å². The van der Waals surface area contributed by atoms with Crippen molar-refractivity contribution >= 4 is 32.6 Å². The fourth-order valence-corrected chi connectivity index (χ4v) is 3.52. The number of amides is 1. The summed E-state index contributed by atoms with van der Waals surface area (Å²) in [6, 6.07) is 18.2. The van der Waals surface area contributed by atoms with Gasteiger partial charge in [-0.2, -0.15) is 0 Å². The molecule has 0 fully saturated rings. The minimum absolute atomic E-state index is 0.0473. The van der Waals surface area contributed by atoms with E-state index in [2.05, 4.69) is 33.9 Å². The van der Waals surface area contributed by atoms with Gasteiger partial charge in [0.25, 0.3) is 0 Å². The van der Waals surface area contributed by atoms with Gasteiger partial charge in [0.15, 0.2) is 5.13 Å². The standard InChI is InChI=1S/C20H21N3OS/c1-2-13-23(14-12-16-8-4-3-5-9-16)15-19(24)22-20-21-17-10-6-7-11-18(17)25-20/h2-11H,1,12-15H2,(H,21,22,24). The first-order valence-electron chi connectivity index (χ1n) is 8.27. The number of fused-ring (bicyclic) bond motifs is 1. The van der Waals surface area contributed by atoms with Crippen molar-refractivity contribution in [3.63, 3.8) is 0 Å². The molecule has 0 aliphatic rings. The number of para-hydroxylation sites is 1. The second kappa shape index (κ2) is 8.55. The zero-order chi connectivity index (χ0) is 17.5. The maximum atomic E-state index is 12.4. The number of anilines is 1. The van der Waals surface area contributed by atoms with E-state index in [0.717, 1.165) is 23.2 Å². The summed E-state index contributed by atoms with van der Waals surface area (Å²) in [7, 11) is 0. The molecule has 25 heavy (non-hydrogen) atoms. The smallest absolute Gasteiger partial charge is 0.240 e. The normalized spacial score (nSPS) is 10.9. The van der Waals surface area contributed by atoms with Crippen LogP contribution in [0.3, 0.4) is 0 Å². The van der Waals surface area contributed by atoms with E-state index in [0.29, 0.717) is 18.2 Å². The van der Waals surface area contributed by atoms with Gasteiger partial charge in [-0.3, -0.25) is 9.69 Å². The van der Waals surface area contributed by atoms with Gasteiger partial charge in [-0.15, -0.1) is 6.58 Å². The molecule has 1 N–H and O–H groups in total.